The van der Waals surface area contributed by atoms with Gasteiger partial charge in [-0.2, -0.15) is 0 Å². The number of nitrogen functional groups attached to an aromatic ring is 1. The van der Waals surface area contributed by atoms with Crippen molar-refractivity contribution in [2.75, 3.05) is 23.8 Å². The lowest BCUT2D eigenvalue weighted by atomic mass is 9.80. The summed E-state index contributed by atoms with van der Waals surface area (Å²) in [6.07, 6.45) is 1.73. The molecule has 8 nitrogen and oxygen atoms in total. The Kier molecular flexibility index (Phi) is 8.13. The molecule has 9 heteroatoms. The number of aromatic nitrogens is 1. The van der Waals surface area contributed by atoms with Crippen LogP contribution in [0, 0.1) is 18.7 Å². The maximum Gasteiger partial charge on any atom is 0.307 e. The molecule has 208 valence electrons. The van der Waals surface area contributed by atoms with Crippen molar-refractivity contribution in [3.05, 3.63) is 82.3 Å². The quantitative estimate of drug-likeness (QED) is 0.213. The zero-order chi connectivity index (χ0) is 28.5. The molecule has 39 heavy (non-hydrogen) atoms. The maximum atomic E-state index is 15.7. The molecule has 2 atom stereocenters. The van der Waals surface area contributed by atoms with Gasteiger partial charge in [0.25, 0.3) is 0 Å². The van der Waals surface area contributed by atoms with Gasteiger partial charge in [-0.15, -0.1) is 0 Å². The Labute approximate surface area is 229 Å². The molecule has 0 aliphatic carbocycles. The molecule has 0 bridgehead atoms. The first-order chi connectivity index (χ1) is 18.4. The van der Waals surface area contributed by atoms with E-state index >= 15 is 4.39 Å². The molecule has 2 unspecified atom stereocenters. The van der Waals surface area contributed by atoms with E-state index in [1.165, 1.54) is 5.01 Å². The number of nitrogens with zero attached hydrogens (tertiary/aromatic N) is 3. The molecular weight excluding hydrogens is 497 g/mol. The van der Waals surface area contributed by atoms with Gasteiger partial charge in [0.1, 0.15) is 5.60 Å². The second-order valence-corrected chi connectivity index (χ2v) is 11.0. The number of hydrogen-bond acceptors (Lipinski definition) is 7. The van der Waals surface area contributed by atoms with Gasteiger partial charge in [0.15, 0.2) is 5.82 Å². The van der Waals surface area contributed by atoms with Crippen molar-refractivity contribution in [3.63, 3.8) is 0 Å². The predicted molar refractivity (Wildman–Crippen MR) is 151 cm³/mol. The van der Waals surface area contributed by atoms with Crippen LogP contribution in [0.15, 0.2) is 48.7 Å². The van der Waals surface area contributed by atoms with Crippen LogP contribution in [0.1, 0.15) is 61.4 Å². The highest BCUT2D eigenvalue weighted by molar-refractivity contribution is 5.74. The predicted octanol–water partition coefficient (Wildman–Crippen LogP) is 4.84. The fraction of sp³-hybridized carbons (Fsp3) is 0.400. The van der Waals surface area contributed by atoms with E-state index in [0.29, 0.717) is 43.3 Å². The zero-order valence-electron chi connectivity index (χ0n) is 23.2. The lowest BCUT2D eigenvalue weighted by Crippen LogP contribution is -2.40. The van der Waals surface area contributed by atoms with Crippen molar-refractivity contribution in [1.82, 2.24) is 9.88 Å². The molecule has 1 aliphatic heterocycles. The SMILES string of the molecule is CCN(N)c1ccc(C(c2ccc(C)c(CN3Cc4cccnc4OC(C)(C)C3)c2)C(C)C(=O)O)c(F)c1N. The van der Waals surface area contributed by atoms with Crippen LogP contribution < -0.4 is 21.3 Å². The molecule has 5 N–H and O–H groups in total. The van der Waals surface area contributed by atoms with Crippen LogP contribution >= 0.6 is 0 Å². The third kappa shape index (κ3) is 5.99. The third-order valence-electron chi connectivity index (χ3n) is 7.41. The van der Waals surface area contributed by atoms with Gasteiger partial charge in [0, 0.05) is 43.9 Å². The summed E-state index contributed by atoms with van der Waals surface area (Å²) in [6, 6.07) is 13.0. The van der Waals surface area contributed by atoms with Crippen molar-refractivity contribution < 1.29 is 19.0 Å². The van der Waals surface area contributed by atoms with E-state index in [1.807, 2.05) is 58.0 Å². The molecule has 4 rings (SSSR count). The van der Waals surface area contributed by atoms with Gasteiger partial charge < -0.3 is 20.6 Å². The minimum Gasteiger partial charge on any atom is -0.481 e. The average Bonchev–Trinajstić information content (AvgIpc) is 3.01. The highest BCUT2D eigenvalue weighted by atomic mass is 19.1. The van der Waals surface area contributed by atoms with Gasteiger partial charge in [0.2, 0.25) is 5.88 Å². The molecule has 0 saturated carbocycles. The van der Waals surface area contributed by atoms with Crippen LogP contribution in [0.4, 0.5) is 15.8 Å². The highest BCUT2D eigenvalue weighted by Gasteiger charge is 2.32. The number of carboxylic acid groups (broad SMARTS) is 1. The summed E-state index contributed by atoms with van der Waals surface area (Å²) >= 11 is 0. The number of pyridine rings is 1. The number of halogens is 1. The average molecular weight is 536 g/mol. The largest absolute Gasteiger partial charge is 0.481 e. The fourth-order valence-electron chi connectivity index (χ4n) is 5.31. The van der Waals surface area contributed by atoms with Gasteiger partial charge in [-0.3, -0.25) is 9.69 Å². The van der Waals surface area contributed by atoms with Crippen LogP contribution in [0.2, 0.25) is 0 Å². The van der Waals surface area contributed by atoms with Crippen molar-refractivity contribution >= 4 is 17.3 Å². The van der Waals surface area contributed by atoms with E-state index in [-0.39, 0.29) is 11.3 Å². The van der Waals surface area contributed by atoms with Crippen LogP contribution in [0.25, 0.3) is 0 Å². The molecule has 0 spiro atoms. The van der Waals surface area contributed by atoms with Crippen molar-refractivity contribution in [2.45, 2.75) is 59.2 Å². The summed E-state index contributed by atoms with van der Waals surface area (Å²) in [4.78, 5) is 18.9. The molecule has 1 aromatic heterocycles. The summed E-state index contributed by atoms with van der Waals surface area (Å²) in [6.45, 7) is 11.9. The summed E-state index contributed by atoms with van der Waals surface area (Å²) in [5.74, 6) is 3.29. The molecule has 0 radical (unpaired) electrons. The third-order valence-corrected chi connectivity index (χ3v) is 7.41. The number of carboxylic acids is 1. The Bertz CT molecular complexity index is 1360. The number of nitrogens with two attached hydrogens (primary N) is 2. The second-order valence-electron chi connectivity index (χ2n) is 11.0. The second kappa shape index (κ2) is 11.2. The number of aryl methyl sites for hydroxylation is 1. The van der Waals surface area contributed by atoms with Crippen molar-refractivity contribution in [3.8, 4) is 5.88 Å². The molecule has 0 saturated heterocycles. The van der Waals surface area contributed by atoms with Crippen molar-refractivity contribution in [1.29, 1.82) is 0 Å². The van der Waals surface area contributed by atoms with E-state index in [4.69, 9.17) is 16.3 Å². The minimum absolute atomic E-state index is 0.0918. The standard InChI is InChI=1S/C30H38FN5O3/c1-6-36(33)24-12-11-23(26(31)27(24)32)25(19(3)29(37)38)20-10-9-18(2)22(14-20)16-35-15-21-8-7-13-34-28(21)39-30(4,5)17-35/h7-14,19,25H,6,15-17,32-33H2,1-5H3,(H,37,38). The number of carbonyl (C=O) groups is 1. The highest BCUT2D eigenvalue weighted by Crippen LogP contribution is 2.39. The van der Waals surface area contributed by atoms with E-state index in [9.17, 15) is 9.90 Å². The monoisotopic (exact) mass is 535 g/mol. The summed E-state index contributed by atoms with van der Waals surface area (Å²) in [5, 5.41) is 11.3. The van der Waals surface area contributed by atoms with Gasteiger partial charge in [0.05, 0.1) is 17.3 Å². The smallest absolute Gasteiger partial charge is 0.307 e. The number of hydrazine groups is 1. The van der Waals surface area contributed by atoms with Gasteiger partial charge in [-0.25, -0.2) is 15.2 Å². The van der Waals surface area contributed by atoms with E-state index in [0.717, 1.165) is 16.7 Å². The Hall–Kier alpha value is -3.69. The minimum atomic E-state index is -1.02. The Morgan fingerprint density at radius 3 is 2.72 bits per heavy atom. The number of anilines is 2. The number of benzene rings is 2. The summed E-state index contributed by atoms with van der Waals surface area (Å²) in [5.41, 5.74) is 10.0. The Balaban J connectivity index is 1.74. The van der Waals surface area contributed by atoms with Crippen LogP contribution in [0.5, 0.6) is 5.88 Å². The first-order valence-corrected chi connectivity index (χ1v) is 13.2. The molecule has 0 fully saturated rings. The molecular formula is C30H38FN5O3. The van der Waals surface area contributed by atoms with Crippen molar-refractivity contribution in [2.24, 2.45) is 11.8 Å². The molecule has 1 aliphatic rings. The van der Waals surface area contributed by atoms with Crippen LogP contribution in [0.3, 0.4) is 0 Å². The zero-order valence-corrected chi connectivity index (χ0v) is 23.2. The lowest BCUT2D eigenvalue weighted by Gasteiger charge is -2.30. The number of aliphatic carboxylic acids is 1. The molecule has 3 aromatic rings. The lowest BCUT2D eigenvalue weighted by molar-refractivity contribution is -0.141. The van der Waals surface area contributed by atoms with Crippen LogP contribution in [-0.4, -0.2) is 39.7 Å². The van der Waals surface area contributed by atoms with E-state index < -0.39 is 29.2 Å². The number of ether oxygens (including phenoxy) is 1. The summed E-state index contributed by atoms with van der Waals surface area (Å²) in [7, 11) is 0. The first-order valence-electron chi connectivity index (χ1n) is 13.2. The number of hydrogen-bond donors (Lipinski definition) is 3. The Morgan fingerprint density at radius 1 is 1.28 bits per heavy atom. The molecule has 0 amide bonds. The topological polar surface area (TPSA) is 118 Å². The van der Waals surface area contributed by atoms with Gasteiger partial charge >= 0.3 is 5.97 Å². The number of fused-ring (bicyclic) bond motifs is 1. The van der Waals surface area contributed by atoms with Crippen LogP contribution in [-0.2, 0) is 17.9 Å². The molecule has 2 heterocycles. The van der Waals surface area contributed by atoms with Gasteiger partial charge in [-0.1, -0.05) is 37.3 Å². The van der Waals surface area contributed by atoms with Gasteiger partial charge in [-0.05, 0) is 62.1 Å². The molecule has 2 aromatic carbocycles. The normalized spacial score (nSPS) is 16.5. The Morgan fingerprint density at radius 2 is 2.03 bits per heavy atom. The first kappa shape index (κ1) is 28.3. The summed E-state index contributed by atoms with van der Waals surface area (Å²) < 4.78 is 21.9. The maximum absolute atomic E-state index is 15.7. The fourth-order valence-corrected chi connectivity index (χ4v) is 5.31. The van der Waals surface area contributed by atoms with E-state index in [1.54, 1.807) is 25.3 Å². The number of rotatable bonds is 8. The van der Waals surface area contributed by atoms with E-state index in [2.05, 4.69) is 9.88 Å².